The van der Waals surface area contributed by atoms with E-state index in [9.17, 15) is 13.2 Å². The van der Waals surface area contributed by atoms with E-state index in [1.54, 1.807) is 12.1 Å². The average Bonchev–Trinajstić information content (AvgIpc) is 2.89. The van der Waals surface area contributed by atoms with Crippen molar-refractivity contribution in [3.63, 3.8) is 0 Å². The summed E-state index contributed by atoms with van der Waals surface area (Å²) in [5, 5.41) is 0. The number of amides is 1. The lowest BCUT2D eigenvalue weighted by atomic mass is 10.1. The first-order chi connectivity index (χ1) is 16.5. The summed E-state index contributed by atoms with van der Waals surface area (Å²) in [6.07, 6.45) is 2.51. The molecule has 2 saturated heterocycles. The lowest BCUT2D eigenvalue weighted by Crippen LogP contribution is -2.49. The Morgan fingerprint density at radius 1 is 1.03 bits per heavy atom. The first kappa shape index (κ1) is 24.4. The Bertz CT molecular complexity index is 1060. The van der Waals surface area contributed by atoms with E-state index >= 15 is 0 Å². The fourth-order valence-corrected chi connectivity index (χ4v) is 5.59. The number of hydrogen-bond donors (Lipinski definition) is 0. The SMILES string of the molecule is CCOc1ccccc1CCC(=O)N1CCN(c2ccc(S(=O)(=O)N3CCOCC3)cn2)CC1. The fraction of sp³-hybridized carbons (Fsp3) is 0.500. The number of benzene rings is 1. The van der Waals surface area contributed by atoms with E-state index in [1.807, 2.05) is 36.1 Å². The minimum atomic E-state index is -3.56. The van der Waals surface area contributed by atoms with Crippen molar-refractivity contribution in [2.75, 3.05) is 64.0 Å². The molecule has 184 valence electrons. The third-order valence-corrected chi connectivity index (χ3v) is 8.05. The van der Waals surface area contributed by atoms with Crippen LogP contribution in [0.25, 0.3) is 0 Å². The zero-order valence-electron chi connectivity index (χ0n) is 19.6. The number of hydrogen-bond acceptors (Lipinski definition) is 7. The maximum Gasteiger partial charge on any atom is 0.244 e. The molecule has 1 aromatic carbocycles. The molecule has 0 atom stereocenters. The summed E-state index contributed by atoms with van der Waals surface area (Å²) in [4.78, 5) is 21.3. The topological polar surface area (TPSA) is 92.3 Å². The highest BCUT2D eigenvalue weighted by Crippen LogP contribution is 2.22. The normalized spacial score (nSPS) is 17.6. The minimum absolute atomic E-state index is 0.130. The second-order valence-electron chi connectivity index (χ2n) is 8.28. The Morgan fingerprint density at radius 3 is 2.44 bits per heavy atom. The number of piperazine rings is 1. The molecular weight excluding hydrogens is 456 g/mol. The Kier molecular flexibility index (Phi) is 8.02. The van der Waals surface area contributed by atoms with Crippen LogP contribution >= 0.6 is 0 Å². The van der Waals surface area contributed by atoms with Crippen LogP contribution in [0.5, 0.6) is 5.75 Å². The van der Waals surface area contributed by atoms with Crippen molar-refractivity contribution in [1.82, 2.24) is 14.2 Å². The highest BCUT2D eigenvalue weighted by Gasteiger charge is 2.27. The minimum Gasteiger partial charge on any atom is -0.494 e. The van der Waals surface area contributed by atoms with E-state index < -0.39 is 10.0 Å². The molecule has 0 bridgehead atoms. The van der Waals surface area contributed by atoms with Crippen molar-refractivity contribution >= 4 is 21.7 Å². The first-order valence-corrected chi connectivity index (χ1v) is 13.2. The van der Waals surface area contributed by atoms with Crippen LogP contribution < -0.4 is 9.64 Å². The van der Waals surface area contributed by atoms with Gasteiger partial charge in [0, 0.05) is 51.9 Å². The quantitative estimate of drug-likeness (QED) is 0.559. The molecule has 2 aromatic rings. The molecule has 1 amide bonds. The van der Waals surface area contributed by atoms with Gasteiger partial charge in [-0.2, -0.15) is 4.31 Å². The summed E-state index contributed by atoms with van der Waals surface area (Å²) in [6.45, 7) is 6.62. The number of rotatable bonds is 8. The van der Waals surface area contributed by atoms with Crippen molar-refractivity contribution in [2.24, 2.45) is 0 Å². The number of ether oxygens (including phenoxy) is 2. The number of nitrogens with zero attached hydrogens (tertiary/aromatic N) is 4. The number of carbonyl (C=O) groups excluding carboxylic acids is 1. The Labute approximate surface area is 201 Å². The van der Waals surface area contributed by atoms with E-state index in [-0.39, 0.29) is 10.8 Å². The Morgan fingerprint density at radius 2 is 1.76 bits per heavy atom. The van der Waals surface area contributed by atoms with E-state index in [1.165, 1.54) is 10.5 Å². The van der Waals surface area contributed by atoms with Gasteiger partial charge in [0.2, 0.25) is 15.9 Å². The smallest absolute Gasteiger partial charge is 0.244 e. The molecule has 0 radical (unpaired) electrons. The number of carbonyl (C=O) groups is 1. The lowest BCUT2D eigenvalue weighted by Gasteiger charge is -2.35. The second kappa shape index (κ2) is 11.2. The number of anilines is 1. The number of pyridine rings is 1. The molecule has 2 aliphatic rings. The van der Waals surface area contributed by atoms with E-state index in [4.69, 9.17) is 9.47 Å². The van der Waals surface area contributed by atoms with Gasteiger partial charge in [-0.15, -0.1) is 0 Å². The highest BCUT2D eigenvalue weighted by atomic mass is 32.2. The molecule has 10 heteroatoms. The third-order valence-electron chi connectivity index (χ3n) is 6.17. The zero-order valence-corrected chi connectivity index (χ0v) is 20.4. The number of sulfonamides is 1. The molecule has 3 heterocycles. The Hall–Kier alpha value is -2.69. The van der Waals surface area contributed by atoms with Crippen molar-refractivity contribution in [3.05, 3.63) is 48.2 Å². The largest absolute Gasteiger partial charge is 0.494 e. The maximum absolute atomic E-state index is 12.8. The predicted molar refractivity (Wildman–Crippen MR) is 129 cm³/mol. The number of para-hydroxylation sites is 1. The second-order valence-corrected chi connectivity index (χ2v) is 10.2. The molecule has 1 aromatic heterocycles. The van der Waals surface area contributed by atoms with Crippen LogP contribution in [0.15, 0.2) is 47.5 Å². The van der Waals surface area contributed by atoms with E-state index in [0.29, 0.717) is 71.9 Å². The molecule has 34 heavy (non-hydrogen) atoms. The Balaban J connectivity index is 1.29. The number of morpholine rings is 1. The van der Waals surface area contributed by atoms with Crippen LogP contribution in [0.1, 0.15) is 18.9 Å². The van der Waals surface area contributed by atoms with Crippen LogP contribution in [0, 0.1) is 0 Å². The van der Waals surface area contributed by atoms with E-state index in [0.717, 1.165) is 17.1 Å². The van der Waals surface area contributed by atoms with Crippen LogP contribution in [0.4, 0.5) is 5.82 Å². The summed E-state index contributed by atoms with van der Waals surface area (Å²) >= 11 is 0. The van der Waals surface area contributed by atoms with Crippen LogP contribution in [0.2, 0.25) is 0 Å². The van der Waals surface area contributed by atoms with Gasteiger partial charge in [0.15, 0.2) is 0 Å². The van der Waals surface area contributed by atoms with Gasteiger partial charge in [-0.3, -0.25) is 4.79 Å². The summed E-state index contributed by atoms with van der Waals surface area (Å²) in [5.41, 5.74) is 1.05. The fourth-order valence-electron chi connectivity index (χ4n) is 4.24. The monoisotopic (exact) mass is 488 g/mol. The van der Waals surface area contributed by atoms with Crippen LogP contribution in [-0.2, 0) is 26.0 Å². The number of aromatic nitrogens is 1. The molecule has 4 rings (SSSR count). The summed E-state index contributed by atoms with van der Waals surface area (Å²) in [7, 11) is -3.56. The van der Waals surface area contributed by atoms with Gasteiger partial charge in [0.1, 0.15) is 16.5 Å². The standard InChI is InChI=1S/C24H32N4O5S/c1-2-33-22-6-4-3-5-20(22)7-10-24(29)27-13-11-26(12-14-27)23-9-8-21(19-25-23)34(30,31)28-15-17-32-18-16-28/h3-6,8-9,19H,2,7,10-18H2,1H3. The van der Waals surface area contributed by atoms with Crippen molar-refractivity contribution in [1.29, 1.82) is 0 Å². The van der Waals surface area contributed by atoms with Gasteiger partial charge in [-0.25, -0.2) is 13.4 Å². The van der Waals surface area contributed by atoms with Gasteiger partial charge in [0.25, 0.3) is 0 Å². The van der Waals surface area contributed by atoms with Crippen molar-refractivity contribution in [2.45, 2.75) is 24.7 Å². The van der Waals surface area contributed by atoms with Crippen molar-refractivity contribution in [3.8, 4) is 5.75 Å². The van der Waals surface area contributed by atoms with Crippen LogP contribution in [-0.4, -0.2) is 87.6 Å². The van der Waals surface area contributed by atoms with E-state index in [2.05, 4.69) is 9.88 Å². The van der Waals surface area contributed by atoms with Crippen LogP contribution in [0.3, 0.4) is 0 Å². The summed E-state index contributed by atoms with van der Waals surface area (Å²) < 4.78 is 37.9. The van der Waals surface area contributed by atoms with Gasteiger partial charge < -0.3 is 19.3 Å². The molecule has 0 unspecified atom stereocenters. The van der Waals surface area contributed by atoms with Crippen molar-refractivity contribution < 1.29 is 22.7 Å². The number of aryl methyl sites for hydroxylation is 1. The predicted octanol–water partition coefficient (Wildman–Crippen LogP) is 1.78. The molecular formula is C24H32N4O5S. The molecule has 9 nitrogen and oxygen atoms in total. The highest BCUT2D eigenvalue weighted by molar-refractivity contribution is 7.89. The molecule has 2 fully saturated rings. The third kappa shape index (κ3) is 5.68. The summed E-state index contributed by atoms with van der Waals surface area (Å²) in [5.74, 6) is 1.69. The van der Waals surface area contributed by atoms with Gasteiger partial charge in [0.05, 0.1) is 19.8 Å². The van der Waals surface area contributed by atoms with Gasteiger partial charge in [-0.1, -0.05) is 18.2 Å². The maximum atomic E-state index is 12.8. The zero-order chi connectivity index (χ0) is 24.0. The average molecular weight is 489 g/mol. The molecule has 0 saturated carbocycles. The van der Waals surface area contributed by atoms with Gasteiger partial charge in [-0.05, 0) is 37.1 Å². The lowest BCUT2D eigenvalue weighted by molar-refractivity contribution is -0.131. The molecule has 0 aliphatic carbocycles. The van der Waals surface area contributed by atoms with Gasteiger partial charge >= 0.3 is 0 Å². The molecule has 0 N–H and O–H groups in total. The molecule has 0 spiro atoms. The molecule has 2 aliphatic heterocycles. The first-order valence-electron chi connectivity index (χ1n) is 11.8. The summed E-state index contributed by atoms with van der Waals surface area (Å²) in [6, 6.07) is 11.2.